The lowest BCUT2D eigenvalue weighted by Gasteiger charge is -2.29. The first kappa shape index (κ1) is 15.7. The van der Waals surface area contributed by atoms with Crippen molar-refractivity contribution in [2.24, 2.45) is 0 Å². The van der Waals surface area contributed by atoms with Crippen LogP contribution in [0.15, 0.2) is 48.8 Å². The highest BCUT2D eigenvalue weighted by atomic mass is 32.1. The smallest absolute Gasteiger partial charge is 0.272 e. The van der Waals surface area contributed by atoms with Crippen LogP contribution in [-0.2, 0) is 19.5 Å². The van der Waals surface area contributed by atoms with Gasteiger partial charge in [0.25, 0.3) is 5.91 Å². The minimum absolute atomic E-state index is 0.217. The Kier molecular flexibility index (Phi) is 4.39. The number of amides is 1. The fraction of sp³-hybridized carbons (Fsp3) is 0.222. The Bertz CT molecular complexity index is 863. The molecule has 126 valence electrons. The van der Waals surface area contributed by atoms with Crippen LogP contribution in [0.2, 0.25) is 0 Å². The molecule has 6 nitrogen and oxygen atoms in total. The fourth-order valence-corrected chi connectivity index (χ4v) is 3.35. The Hall–Kier alpha value is -2.80. The zero-order chi connectivity index (χ0) is 17.1. The molecule has 1 N–H and O–H groups in total. The van der Waals surface area contributed by atoms with Crippen LogP contribution in [0.25, 0.3) is 0 Å². The van der Waals surface area contributed by atoms with Crippen molar-refractivity contribution in [3.05, 3.63) is 71.2 Å². The van der Waals surface area contributed by atoms with Crippen molar-refractivity contribution in [3.8, 4) is 0 Å². The van der Waals surface area contributed by atoms with Crippen molar-refractivity contribution in [2.75, 3.05) is 11.4 Å². The molecule has 1 aromatic carbocycles. The summed E-state index contributed by atoms with van der Waals surface area (Å²) in [7, 11) is 0. The number of anilines is 1. The molecule has 1 amide bonds. The first-order valence-electron chi connectivity index (χ1n) is 8.12. The Morgan fingerprint density at radius 3 is 2.80 bits per heavy atom. The van der Waals surface area contributed by atoms with E-state index in [2.05, 4.69) is 48.2 Å². The molecule has 1 aliphatic heterocycles. The van der Waals surface area contributed by atoms with Gasteiger partial charge in [0.15, 0.2) is 5.69 Å². The van der Waals surface area contributed by atoms with E-state index < -0.39 is 0 Å². The van der Waals surface area contributed by atoms with Crippen molar-refractivity contribution >= 4 is 23.5 Å². The number of rotatable bonds is 4. The van der Waals surface area contributed by atoms with Gasteiger partial charge in [0.1, 0.15) is 5.82 Å². The molecule has 4 rings (SSSR count). The standard InChI is InChI=1S/C18H17N5OS/c24-18(16-11-21-25-22-16)20-10-13-5-6-17(19-9-13)23-8-7-14-3-1-2-4-15(14)12-23/h1-6,9,11H,7-8,10,12H2,(H,20,24). The maximum Gasteiger partial charge on any atom is 0.272 e. The summed E-state index contributed by atoms with van der Waals surface area (Å²) in [5, 5.41) is 2.82. The number of carbonyl (C=O) groups is 1. The van der Waals surface area contributed by atoms with Crippen molar-refractivity contribution in [1.82, 2.24) is 19.0 Å². The van der Waals surface area contributed by atoms with E-state index in [1.807, 2.05) is 18.3 Å². The average molecular weight is 351 g/mol. The van der Waals surface area contributed by atoms with Crippen molar-refractivity contribution < 1.29 is 4.79 Å². The lowest BCUT2D eigenvalue weighted by Crippen LogP contribution is -2.31. The fourth-order valence-electron chi connectivity index (χ4n) is 2.94. The Labute approximate surface area is 149 Å². The van der Waals surface area contributed by atoms with Gasteiger partial charge in [0.05, 0.1) is 17.9 Å². The largest absolute Gasteiger partial charge is 0.352 e. The zero-order valence-corrected chi connectivity index (χ0v) is 14.4. The van der Waals surface area contributed by atoms with E-state index in [1.165, 1.54) is 17.3 Å². The van der Waals surface area contributed by atoms with Gasteiger partial charge in [-0.1, -0.05) is 30.3 Å². The van der Waals surface area contributed by atoms with Crippen LogP contribution in [0.5, 0.6) is 0 Å². The molecule has 3 aromatic rings. The van der Waals surface area contributed by atoms with Gasteiger partial charge < -0.3 is 10.2 Å². The summed E-state index contributed by atoms with van der Waals surface area (Å²) in [4.78, 5) is 18.7. The third-order valence-electron chi connectivity index (χ3n) is 4.31. The van der Waals surface area contributed by atoms with Gasteiger partial charge in [-0.2, -0.15) is 8.75 Å². The molecular formula is C18H17N5OS. The highest BCUT2D eigenvalue weighted by Gasteiger charge is 2.16. The van der Waals surface area contributed by atoms with Gasteiger partial charge >= 0.3 is 0 Å². The van der Waals surface area contributed by atoms with Gasteiger partial charge in [-0.3, -0.25) is 4.79 Å². The predicted octanol–water partition coefficient (Wildman–Crippen LogP) is 2.43. The summed E-state index contributed by atoms with van der Waals surface area (Å²) < 4.78 is 7.75. The number of carbonyl (C=O) groups excluding carboxylic acids is 1. The number of aromatic nitrogens is 3. The summed E-state index contributed by atoms with van der Waals surface area (Å²) in [5.41, 5.74) is 4.10. The zero-order valence-electron chi connectivity index (χ0n) is 13.6. The van der Waals surface area contributed by atoms with Crippen LogP contribution in [0.3, 0.4) is 0 Å². The van der Waals surface area contributed by atoms with Crippen molar-refractivity contribution in [3.63, 3.8) is 0 Å². The number of nitrogens with one attached hydrogen (secondary N) is 1. The first-order valence-corrected chi connectivity index (χ1v) is 8.85. The summed E-state index contributed by atoms with van der Waals surface area (Å²) in [6.07, 6.45) is 4.32. The van der Waals surface area contributed by atoms with E-state index in [9.17, 15) is 4.79 Å². The molecule has 0 unspecified atom stereocenters. The normalized spacial score (nSPS) is 13.4. The van der Waals surface area contributed by atoms with E-state index in [0.29, 0.717) is 12.2 Å². The molecule has 0 aliphatic carbocycles. The molecular weight excluding hydrogens is 334 g/mol. The minimum Gasteiger partial charge on any atom is -0.352 e. The van der Waals surface area contributed by atoms with Crippen LogP contribution >= 0.6 is 11.7 Å². The van der Waals surface area contributed by atoms with Crippen LogP contribution in [-0.4, -0.2) is 26.2 Å². The van der Waals surface area contributed by atoms with E-state index in [1.54, 1.807) is 0 Å². The number of nitrogens with zero attached hydrogens (tertiary/aromatic N) is 4. The molecule has 0 saturated carbocycles. The topological polar surface area (TPSA) is 71.0 Å². The third kappa shape index (κ3) is 3.51. The summed E-state index contributed by atoms with van der Waals surface area (Å²) in [6.45, 7) is 2.28. The molecule has 0 atom stereocenters. The third-order valence-corrected chi connectivity index (χ3v) is 4.79. The van der Waals surface area contributed by atoms with Gasteiger partial charge in [-0.25, -0.2) is 4.98 Å². The van der Waals surface area contributed by atoms with E-state index >= 15 is 0 Å². The van der Waals surface area contributed by atoms with Gasteiger partial charge in [-0.05, 0) is 29.2 Å². The SMILES string of the molecule is O=C(NCc1ccc(N2CCc3ccccc3C2)nc1)c1cnsn1. The quantitative estimate of drug-likeness (QED) is 0.782. The van der Waals surface area contributed by atoms with E-state index in [4.69, 9.17) is 0 Å². The molecule has 7 heteroatoms. The molecule has 1 aliphatic rings. The number of hydrogen-bond acceptors (Lipinski definition) is 6. The van der Waals surface area contributed by atoms with Crippen LogP contribution in [0.1, 0.15) is 27.2 Å². The van der Waals surface area contributed by atoms with Crippen molar-refractivity contribution in [2.45, 2.75) is 19.5 Å². The van der Waals surface area contributed by atoms with Gasteiger partial charge in [0, 0.05) is 25.8 Å². The maximum absolute atomic E-state index is 11.9. The van der Waals surface area contributed by atoms with E-state index in [-0.39, 0.29) is 5.91 Å². The number of hydrogen-bond donors (Lipinski definition) is 1. The lowest BCUT2D eigenvalue weighted by atomic mass is 10.00. The Morgan fingerprint density at radius 1 is 1.16 bits per heavy atom. The van der Waals surface area contributed by atoms with Gasteiger partial charge in [-0.15, -0.1) is 0 Å². The highest BCUT2D eigenvalue weighted by Crippen LogP contribution is 2.22. The molecule has 25 heavy (non-hydrogen) atoms. The average Bonchev–Trinajstić information content (AvgIpc) is 3.21. The minimum atomic E-state index is -0.217. The Morgan fingerprint density at radius 2 is 2.04 bits per heavy atom. The summed E-state index contributed by atoms with van der Waals surface area (Å²) >= 11 is 1.02. The molecule has 0 fully saturated rings. The molecule has 0 spiro atoms. The monoisotopic (exact) mass is 351 g/mol. The molecule has 0 radical (unpaired) electrons. The number of fused-ring (bicyclic) bond motifs is 1. The van der Waals surface area contributed by atoms with Gasteiger partial charge in [0.2, 0.25) is 0 Å². The first-order chi connectivity index (χ1) is 12.3. The second-order valence-corrected chi connectivity index (χ2v) is 6.50. The molecule has 3 heterocycles. The van der Waals surface area contributed by atoms with Crippen molar-refractivity contribution in [1.29, 1.82) is 0 Å². The van der Waals surface area contributed by atoms with Crippen LogP contribution in [0.4, 0.5) is 5.82 Å². The lowest BCUT2D eigenvalue weighted by molar-refractivity contribution is 0.0947. The highest BCUT2D eigenvalue weighted by molar-refractivity contribution is 6.99. The second-order valence-electron chi connectivity index (χ2n) is 5.94. The Balaban J connectivity index is 1.38. The molecule has 2 aromatic heterocycles. The second kappa shape index (κ2) is 6.98. The summed E-state index contributed by atoms with van der Waals surface area (Å²) in [5.74, 6) is 0.749. The molecule has 0 bridgehead atoms. The van der Waals surface area contributed by atoms with E-state index in [0.717, 1.165) is 42.6 Å². The predicted molar refractivity (Wildman–Crippen MR) is 96.5 cm³/mol. The molecule has 0 saturated heterocycles. The summed E-state index contributed by atoms with van der Waals surface area (Å²) in [6, 6.07) is 12.6. The van der Waals surface area contributed by atoms with Crippen LogP contribution < -0.4 is 10.2 Å². The number of pyridine rings is 1. The number of benzene rings is 1. The van der Waals surface area contributed by atoms with Crippen LogP contribution in [0, 0.1) is 0 Å². The maximum atomic E-state index is 11.9.